The number of hydrogen-bond acceptors (Lipinski definition) is 3. The van der Waals surface area contributed by atoms with Crippen LogP contribution in [0.3, 0.4) is 0 Å². The van der Waals surface area contributed by atoms with Gasteiger partial charge in [-0.25, -0.2) is 4.79 Å². The molecule has 2 heterocycles. The second-order valence-electron chi connectivity index (χ2n) is 7.38. The lowest BCUT2D eigenvalue weighted by molar-refractivity contribution is -0.124. The van der Waals surface area contributed by atoms with Crippen LogP contribution < -0.4 is 16.2 Å². The van der Waals surface area contributed by atoms with Crippen LogP contribution in [0.25, 0.3) is 11.1 Å². The number of aromatic nitrogens is 1. The van der Waals surface area contributed by atoms with Crippen LogP contribution in [0, 0.1) is 13.8 Å². The largest absolute Gasteiger partial charge is 0.322 e. The minimum absolute atomic E-state index is 0.00889. The van der Waals surface area contributed by atoms with Crippen LogP contribution in [-0.4, -0.2) is 16.5 Å². The van der Waals surface area contributed by atoms with Crippen molar-refractivity contribution in [1.29, 1.82) is 0 Å². The third-order valence-corrected chi connectivity index (χ3v) is 5.32. The summed E-state index contributed by atoms with van der Waals surface area (Å²) in [6, 6.07) is 18.5. The third kappa shape index (κ3) is 3.33. The van der Waals surface area contributed by atoms with Gasteiger partial charge in [0.25, 0.3) is 11.5 Å². The monoisotopic (exact) mass is 387 g/mol. The second-order valence-corrected chi connectivity index (χ2v) is 7.38. The van der Waals surface area contributed by atoms with E-state index in [1.165, 1.54) is 10.1 Å². The fourth-order valence-corrected chi connectivity index (χ4v) is 3.63. The molecule has 1 atom stereocenters. The number of carbonyl (C=O) groups is 2. The van der Waals surface area contributed by atoms with Crippen molar-refractivity contribution in [1.82, 2.24) is 15.2 Å². The number of benzene rings is 2. The molecule has 1 fully saturated rings. The Balaban J connectivity index is 1.75. The Morgan fingerprint density at radius 1 is 0.862 bits per heavy atom. The van der Waals surface area contributed by atoms with Crippen molar-refractivity contribution >= 4 is 11.9 Å². The van der Waals surface area contributed by atoms with Gasteiger partial charge in [-0.05, 0) is 36.6 Å². The summed E-state index contributed by atoms with van der Waals surface area (Å²) in [5, 5.41) is 5.04. The summed E-state index contributed by atoms with van der Waals surface area (Å²) < 4.78 is 1.45. The van der Waals surface area contributed by atoms with Crippen LogP contribution in [-0.2, 0) is 16.9 Å². The SMILES string of the molecule is Cc1ccc(-c2ccc(C3(Cn4cccc(C)c4=O)NC(=O)NC3=O)cc2)cc1. The lowest BCUT2D eigenvalue weighted by Gasteiger charge is -2.27. The van der Waals surface area contributed by atoms with E-state index in [2.05, 4.69) is 10.6 Å². The molecular formula is C23H21N3O3. The molecule has 6 nitrogen and oxygen atoms in total. The summed E-state index contributed by atoms with van der Waals surface area (Å²) in [6.07, 6.45) is 1.62. The van der Waals surface area contributed by atoms with E-state index >= 15 is 0 Å². The van der Waals surface area contributed by atoms with E-state index in [4.69, 9.17) is 0 Å². The molecule has 0 aliphatic carbocycles. The first-order valence-electron chi connectivity index (χ1n) is 9.36. The first-order valence-corrected chi connectivity index (χ1v) is 9.36. The number of rotatable bonds is 4. The van der Waals surface area contributed by atoms with Crippen molar-refractivity contribution in [2.45, 2.75) is 25.9 Å². The molecule has 0 bridgehead atoms. The molecule has 3 amide bonds. The van der Waals surface area contributed by atoms with Crippen LogP contribution in [0.1, 0.15) is 16.7 Å². The molecule has 2 N–H and O–H groups in total. The van der Waals surface area contributed by atoms with Gasteiger partial charge in [-0.1, -0.05) is 60.2 Å². The standard InChI is InChI=1S/C23H21N3O3/c1-15-5-7-17(8-6-15)18-9-11-19(12-10-18)23(21(28)24-22(29)25-23)14-26-13-3-4-16(2)20(26)27/h3-13H,14H2,1-2H3,(H2,24,25,28,29). The topological polar surface area (TPSA) is 80.2 Å². The normalized spacial score (nSPS) is 18.4. The number of aryl methyl sites for hydroxylation is 2. The molecule has 1 aliphatic heterocycles. The van der Waals surface area contributed by atoms with E-state index in [0.29, 0.717) is 11.1 Å². The van der Waals surface area contributed by atoms with E-state index in [0.717, 1.165) is 11.1 Å². The van der Waals surface area contributed by atoms with Gasteiger partial charge in [0.2, 0.25) is 0 Å². The lowest BCUT2D eigenvalue weighted by Crippen LogP contribution is -2.49. The molecule has 4 rings (SSSR count). The number of hydrogen-bond donors (Lipinski definition) is 2. The van der Waals surface area contributed by atoms with Gasteiger partial charge in [0, 0.05) is 11.8 Å². The Hall–Kier alpha value is -3.67. The van der Waals surface area contributed by atoms with Crippen molar-refractivity contribution in [3.8, 4) is 11.1 Å². The van der Waals surface area contributed by atoms with Gasteiger partial charge < -0.3 is 9.88 Å². The molecule has 1 aliphatic rings. The molecule has 6 heteroatoms. The summed E-state index contributed by atoms with van der Waals surface area (Å²) in [6.45, 7) is 3.76. The molecule has 0 spiro atoms. The zero-order valence-electron chi connectivity index (χ0n) is 16.2. The van der Waals surface area contributed by atoms with Crippen LogP contribution in [0.2, 0.25) is 0 Å². The van der Waals surface area contributed by atoms with Gasteiger partial charge in [0.05, 0.1) is 6.54 Å². The first kappa shape index (κ1) is 18.7. The number of pyridine rings is 1. The Bertz CT molecular complexity index is 1150. The molecule has 1 aromatic heterocycles. The van der Waals surface area contributed by atoms with E-state index in [-0.39, 0.29) is 12.1 Å². The number of amides is 3. The number of nitrogens with one attached hydrogen (secondary N) is 2. The minimum Gasteiger partial charge on any atom is -0.318 e. The highest BCUT2D eigenvalue weighted by atomic mass is 16.2. The molecule has 1 saturated heterocycles. The van der Waals surface area contributed by atoms with Gasteiger partial charge in [0.15, 0.2) is 5.54 Å². The van der Waals surface area contributed by atoms with Crippen LogP contribution in [0.4, 0.5) is 4.79 Å². The minimum atomic E-state index is -1.35. The molecule has 0 radical (unpaired) electrons. The Labute approximate surface area is 168 Å². The number of nitrogens with zero attached hydrogens (tertiary/aromatic N) is 1. The first-order chi connectivity index (χ1) is 13.9. The number of carbonyl (C=O) groups excluding carboxylic acids is 2. The van der Waals surface area contributed by atoms with E-state index < -0.39 is 17.5 Å². The lowest BCUT2D eigenvalue weighted by atomic mass is 9.88. The van der Waals surface area contributed by atoms with Gasteiger partial charge in [0.1, 0.15) is 0 Å². The van der Waals surface area contributed by atoms with E-state index in [1.807, 2.05) is 55.5 Å². The maximum atomic E-state index is 12.8. The van der Waals surface area contributed by atoms with Crippen molar-refractivity contribution in [2.75, 3.05) is 0 Å². The molecule has 146 valence electrons. The zero-order chi connectivity index (χ0) is 20.6. The fraction of sp³-hybridized carbons (Fsp3) is 0.174. The highest BCUT2D eigenvalue weighted by molar-refractivity contribution is 6.07. The van der Waals surface area contributed by atoms with Crippen molar-refractivity contribution in [2.24, 2.45) is 0 Å². The predicted octanol–water partition coefficient (Wildman–Crippen LogP) is 2.87. The van der Waals surface area contributed by atoms with Gasteiger partial charge in [-0.15, -0.1) is 0 Å². The second kappa shape index (κ2) is 7.05. The van der Waals surface area contributed by atoms with Crippen molar-refractivity contribution < 1.29 is 9.59 Å². The molecular weight excluding hydrogens is 366 g/mol. The van der Waals surface area contributed by atoms with Crippen LogP contribution in [0.15, 0.2) is 71.7 Å². The highest BCUT2D eigenvalue weighted by Crippen LogP contribution is 2.29. The molecule has 3 aromatic rings. The van der Waals surface area contributed by atoms with Crippen molar-refractivity contribution in [3.05, 3.63) is 93.9 Å². The van der Waals surface area contributed by atoms with Gasteiger partial charge >= 0.3 is 6.03 Å². The zero-order valence-corrected chi connectivity index (χ0v) is 16.2. The van der Waals surface area contributed by atoms with Gasteiger partial charge in [-0.2, -0.15) is 0 Å². The van der Waals surface area contributed by atoms with Crippen molar-refractivity contribution in [3.63, 3.8) is 0 Å². The predicted molar refractivity (Wildman–Crippen MR) is 110 cm³/mol. The van der Waals surface area contributed by atoms with E-state index in [1.54, 1.807) is 25.3 Å². The Kier molecular flexibility index (Phi) is 4.54. The fourth-order valence-electron chi connectivity index (χ4n) is 3.63. The Morgan fingerprint density at radius 2 is 1.48 bits per heavy atom. The average molecular weight is 387 g/mol. The third-order valence-electron chi connectivity index (χ3n) is 5.32. The molecule has 29 heavy (non-hydrogen) atoms. The Morgan fingerprint density at radius 3 is 2.07 bits per heavy atom. The summed E-state index contributed by atoms with van der Waals surface area (Å²) in [7, 11) is 0. The number of urea groups is 1. The van der Waals surface area contributed by atoms with Crippen LogP contribution in [0.5, 0.6) is 0 Å². The van der Waals surface area contributed by atoms with Gasteiger partial charge in [-0.3, -0.25) is 14.9 Å². The highest BCUT2D eigenvalue weighted by Gasteiger charge is 2.48. The quantitative estimate of drug-likeness (QED) is 0.676. The smallest absolute Gasteiger partial charge is 0.318 e. The van der Waals surface area contributed by atoms with E-state index in [9.17, 15) is 14.4 Å². The summed E-state index contributed by atoms with van der Waals surface area (Å²) in [4.78, 5) is 37.3. The summed E-state index contributed by atoms with van der Waals surface area (Å²) in [5.74, 6) is -0.473. The van der Waals surface area contributed by atoms with Crippen LogP contribution >= 0.6 is 0 Å². The molecule has 2 aromatic carbocycles. The average Bonchev–Trinajstić information content (AvgIpc) is 3.00. The summed E-state index contributed by atoms with van der Waals surface area (Å²) >= 11 is 0. The maximum absolute atomic E-state index is 12.8. The molecule has 1 unspecified atom stereocenters. The molecule has 0 saturated carbocycles. The summed E-state index contributed by atoms with van der Waals surface area (Å²) in [5.41, 5.74) is 2.88. The maximum Gasteiger partial charge on any atom is 0.322 e. The number of imide groups is 1.